The van der Waals surface area contributed by atoms with Crippen LogP contribution in [0.3, 0.4) is 0 Å². The minimum Gasteiger partial charge on any atom is -0.396 e. The van der Waals surface area contributed by atoms with Gasteiger partial charge in [-0.15, -0.1) is 0 Å². The maximum Gasteiger partial charge on any atom is 0.141 e. The third kappa shape index (κ3) is 4.85. The summed E-state index contributed by atoms with van der Waals surface area (Å²) < 4.78 is 0. The van der Waals surface area contributed by atoms with E-state index in [0.29, 0.717) is 6.54 Å². The van der Waals surface area contributed by atoms with Gasteiger partial charge < -0.3 is 10.4 Å². The van der Waals surface area contributed by atoms with Gasteiger partial charge in [0.05, 0.1) is 6.54 Å². The molecule has 2 N–H and O–H groups in total. The molecule has 0 aliphatic carbocycles. The van der Waals surface area contributed by atoms with Gasteiger partial charge >= 0.3 is 0 Å². The van der Waals surface area contributed by atoms with Crippen molar-refractivity contribution in [1.82, 2.24) is 15.3 Å². The van der Waals surface area contributed by atoms with Gasteiger partial charge in [-0.3, -0.25) is 0 Å². The van der Waals surface area contributed by atoms with Gasteiger partial charge in [0.2, 0.25) is 0 Å². The Balaban J connectivity index is 2.27. The summed E-state index contributed by atoms with van der Waals surface area (Å²) in [6.45, 7) is 6.02. The van der Waals surface area contributed by atoms with E-state index in [2.05, 4.69) is 29.1 Å². The molecule has 1 rings (SSSR count). The number of hydrogen-bond acceptors (Lipinski definition) is 4. The predicted molar refractivity (Wildman–Crippen MR) is 59.2 cm³/mol. The Labute approximate surface area is 90.8 Å². The Hall–Kier alpha value is -1.00. The van der Waals surface area contributed by atoms with Crippen LogP contribution in [0.4, 0.5) is 0 Å². The summed E-state index contributed by atoms with van der Waals surface area (Å²) in [4.78, 5) is 8.24. The largest absolute Gasteiger partial charge is 0.396 e. The fourth-order valence-electron chi connectivity index (χ4n) is 1.32. The van der Waals surface area contributed by atoms with Crippen LogP contribution in [0.5, 0.6) is 0 Å². The van der Waals surface area contributed by atoms with Gasteiger partial charge in [-0.25, -0.2) is 9.97 Å². The second-order valence-corrected chi connectivity index (χ2v) is 4.41. The summed E-state index contributed by atoms with van der Waals surface area (Å²) >= 11 is 0. The van der Waals surface area contributed by atoms with Crippen LogP contribution in [0.2, 0.25) is 0 Å². The summed E-state index contributed by atoms with van der Waals surface area (Å²) in [5, 5.41) is 12.2. The van der Waals surface area contributed by atoms with Crippen molar-refractivity contribution in [3.05, 3.63) is 24.3 Å². The highest BCUT2D eigenvalue weighted by Gasteiger charge is 2.16. The average Bonchev–Trinajstić information content (AvgIpc) is 2.19. The lowest BCUT2D eigenvalue weighted by atomic mass is 9.90. The predicted octanol–water partition coefficient (Wildman–Crippen LogP) is 0.975. The lowest BCUT2D eigenvalue weighted by Gasteiger charge is -2.23. The molecule has 0 atom stereocenters. The van der Waals surface area contributed by atoms with Gasteiger partial charge in [0, 0.05) is 25.5 Å². The monoisotopic (exact) mass is 209 g/mol. The Morgan fingerprint density at radius 2 is 2.00 bits per heavy atom. The molecule has 0 amide bonds. The fourth-order valence-corrected chi connectivity index (χ4v) is 1.32. The molecule has 0 bridgehead atoms. The molecule has 0 aromatic carbocycles. The highest BCUT2D eigenvalue weighted by atomic mass is 16.3. The summed E-state index contributed by atoms with van der Waals surface area (Å²) in [6.07, 6.45) is 4.28. The van der Waals surface area contributed by atoms with E-state index in [4.69, 9.17) is 5.11 Å². The third-order valence-corrected chi connectivity index (χ3v) is 2.29. The first-order valence-electron chi connectivity index (χ1n) is 5.21. The number of hydrogen-bond donors (Lipinski definition) is 2. The van der Waals surface area contributed by atoms with Crippen LogP contribution in [0.15, 0.2) is 18.5 Å². The molecule has 1 heterocycles. The first kappa shape index (κ1) is 12.1. The standard InChI is InChI=1S/C11H19N3O/c1-11(2,4-7-15)9-12-8-10-13-5-3-6-14-10/h3,5-6,12,15H,4,7-9H2,1-2H3. The first-order chi connectivity index (χ1) is 7.14. The van der Waals surface area contributed by atoms with Crippen LogP contribution in [-0.4, -0.2) is 28.2 Å². The second-order valence-electron chi connectivity index (χ2n) is 4.41. The Kier molecular flexibility index (Phi) is 4.65. The molecule has 0 aliphatic rings. The van der Waals surface area contributed by atoms with Gasteiger partial charge in [-0.1, -0.05) is 13.8 Å². The van der Waals surface area contributed by atoms with Gasteiger partial charge in [-0.05, 0) is 17.9 Å². The van der Waals surface area contributed by atoms with Crippen molar-refractivity contribution in [3.8, 4) is 0 Å². The van der Waals surface area contributed by atoms with E-state index in [0.717, 1.165) is 18.8 Å². The topological polar surface area (TPSA) is 58.0 Å². The van der Waals surface area contributed by atoms with E-state index in [1.807, 2.05) is 0 Å². The number of aliphatic hydroxyl groups is 1. The maximum absolute atomic E-state index is 8.87. The molecule has 0 aliphatic heterocycles. The molecule has 0 saturated carbocycles. The zero-order valence-electron chi connectivity index (χ0n) is 9.40. The van der Waals surface area contributed by atoms with Crippen LogP contribution in [-0.2, 0) is 6.54 Å². The van der Waals surface area contributed by atoms with Crippen LogP contribution in [0, 0.1) is 5.41 Å². The molecule has 0 spiro atoms. The molecule has 1 aromatic heterocycles. The van der Waals surface area contributed by atoms with Crippen LogP contribution >= 0.6 is 0 Å². The minimum absolute atomic E-state index is 0.115. The van der Waals surface area contributed by atoms with Crippen molar-refractivity contribution < 1.29 is 5.11 Å². The van der Waals surface area contributed by atoms with Crippen LogP contribution < -0.4 is 5.32 Å². The molecule has 0 fully saturated rings. The van der Waals surface area contributed by atoms with Crippen LogP contribution in [0.25, 0.3) is 0 Å². The normalized spacial score (nSPS) is 11.7. The van der Waals surface area contributed by atoms with Gasteiger partial charge in [0.1, 0.15) is 5.82 Å². The summed E-state index contributed by atoms with van der Waals surface area (Å²) in [7, 11) is 0. The van der Waals surface area contributed by atoms with E-state index in [1.54, 1.807) is 18.5 Å². The van der Waals surface area contributed by atoms with Crippen molar-refractivity contribution in [2.24, 2.45) is 5.41 Å². The van der Waals surface area contributed by atoms with E-state index in [9.17, 15) is 0 Å². The average molecular weight is 209 g/mol. The Morgan fingerprint density at radius 3 is 2.60 bits per heavy atom. The lowest BCUT2D eigenvalue weighted by molar-refractivity contribution is 0.206. The zero-order chi connectivity index (χ0) is 11.1. The summed E-state index contributed by atoms with van der Waals surface area (Å²) in [6, 6.07) is 1.80. The van der Waals surface area contributed by atoms with E-state index < -0.39 is 0 Å². The molecule has 0 radical (unpaired) electrons. The van der Waals surface area contributed by atoms with Crippen molar-refractivity contribution in [2.75, 3.05) is 13.2 Å². The summed E-state index contributed by atoms with van der Waals surface area (Å²) in [5.41, 5.74) is 0.115. The first-order valence-corrected chi connectivity index (χ1v) is 5.21. The van der Waals surface area contributed by atoms with Gasteiger partial charge in [-0.2, -0.15) is 0 Å². The van der Waals surface area contributed by atoms with Crippen molar-refractivity contribution in [2.45, 2.75) is 26.8 Å². The smallest absolute Gasteiger partial charge is 0.141 e. The quantitative estimate of drug-likeness (QED) is 0.733. The van der Waals surface area contributed by atoms with Crippen LogP contribution in [0.1, 0.15) is 26.1 Å². The molecule has 84 valence electrons. The van der Waals surface area contributed by atoms with E-state index >= 15 is 0 Å². The molecule has 4 nitrogen and oxygen atoms in total. The van der Waals surface area contributed by atoms with Crippen molar-refractivity contribution >= 4 is 0 Å². The number of nitrogens with zero attached hydrogens (tertiary/aromatic N) is 2. The van der Waals surface area contributed by atoms with Gasteiger partial charge in [0.15, 0.2) is 0 Å². The molecular formula is C11H19N3O. The van der Waals surface area contributed by atoms with Crippen molar-refractivity contribution in [1.29, 1.82) is 0 Å². The summed E-state index contributed by atoms with van der Waals surface area (Å²) in [5.74, 6) is 0.803. The van der Waals surface area contributed by atoms with Crippen molar-refractivity contribution in [3.63, 3.8) is 0 Å². The highest BCUT2D eigenvalue weighted by Crippen LogP contribution is 2.17. The van der Waals surface area contributed by atoms with E-state index in [1.165, 1.54) is 0 Å². The number of aliphatic hydroxyl groups excluding tert-OH is 1. The molecule has 4 heteroatoms. The fraction of sp³-hybridized carbons (Fsp3) is 0.636. The number of aromatic nitrogens is 2. The molecule has 1 aromatic rings. The lowest BCUT2D eigenvalue weighted by Crippen LogP contribution is -2.30. The SMILES string of the molecule is CC(C)(CCO)CNCc1ncccn1. The number of rotatable bonds is 6. The Morgan fingerprint density at radius 1 is 1.33 bits per heavy atom. The molecule has 0 saturated heterocycles. The minimum atomic E-state index is 0.115. The number of nitrogens with one attached hydrogen (secondary N) is 1. The second kappa shape index (κ2) is 5.78. The maximum atomic E-state index is 8.87. The Bertz CT molecular complexity index is 274. The molecular weight excluding hydrogens is 190 g/mol. The molecule has 15 heavy (non-hydrogen) atoms. The zero-order valence-corrected chi connectivity index (χ0v) is 9.40. The molecule has 0 unspecified atom stereocenters. The van der Waals surface area contributed by atoms with Gasteiger partial charge in [0.25, 0.3) is 0 Å². The third-order valence-electron chi connectivity index (χ3n) is 2.29. The highest BCUT2D eigenvalue weighted by molar-refractivity contribution is 4.88. The van der Waals surface area contributed by atoms with E-state index in [-0.39, 0.29) is 12.0 Å².